The van der Waals surface area contributed by atoms with Crippen LogP contribution >= 0.6 is 11.6 Å². The highest BCUT2D eigenvalue weighted by Gasteiger charge is 2.38. The number of carbonyl (C=O) groups excluding carboxylic acids is 1. The van der Waals surface area contributed by atoms with Crippen molar-refractivity contribution >= 4 is 28.9 Å². The molecule has 1 aromatic carbocycles. The zero-order valence-corrected chi connectivity index (χ0v) is 12.4. The Morgan fingerprint density at radius 3 is 2.57 bits per heavy atom. The Kier molecular flexibility index (Phi) is 4.80. The van der Waals surface area contributed by atoms with Crippen molar-refractivity contribution in [2.75, 3.05) is 11.9 Å². The standard InChI is InChI=1S/C14H18ClN3O3/c15-11-8-10(4-5-12(11)18(20)21)17-13(19)14(9-16)6-2-1-3-7-14/h4-5,8H,1-3,6-7,9,16H2,(H,17,19). The maximum absolute atomic E-state index is 12.5. The average Bonchev–Trinajstić information content (AvgIpc) is 2.47. The van der Waals surface area contributed by atoms with Crippen LogP contribution in [-0.2, 0) is 4.79 Å². The Morgan fingerprint density at radius 1 is 1.38 bits per heavy atom. The van der Waals surface area contributed by atoms with Gasteiger partial charge in [-0.05, 0) is 25.0 Å². The van der Waals surface area contributed by atoms with Crippen LogP contribution in [0.5, 0.6) is 0 Å². The molecule has 0 atom stereocenters. The molecule has 1 saturated carbocycles. The molecular weight excluding hydrogens is 294 g/mol. The highest BCUT2D eigenvalue weighted by Crippen LogP contribution is 2.37. The van der Waals surface area contributed by atoms with Gasteiger partial charge < -0.3 is 11.1 Å². The SMILES string of the molecule is NCC1(C(=O)Nc2ccc([N+](=O)[O-])c(Cl)c2)CCCCC1. The normalized spacial score (nSPS) is 17.2. The fraction of sp³-hybridized carbons (Fsp3) is 0.500. The molecule has 1 aliphatic rings. The Labute approximate surface area is 127 Å². The number of hydrogen-bond acceptors (Lipinski definition) is 4. The lowest BCUT2D eigenvalue weighted by Gasteiger charge is -2.34. The van der Waals surface area contributed by atoms with Crippen LogP contribution in [0.15, 0.2) is 18.2 Å². The molecular formula is C14H18ClN3O3. The van der Waals surface area contributed by atoms with Crippen LogP contribution in [0, 0.1) is 15.5 Å². The molecule has 1 fully saturated rings. The van der Waals surface area contributed by atoms with E-state index in [0.29, 0.717) is 12.2 Å². The summed E-state index contributed by atoms with van der Waals surface area (Å²) < 4.78 is 0. The van der Waals surface area contributed by atoms with Gasteiger partial charge in [-0.1, -0.05) is 30.9 Å². The molecule has 6 nitrogen and oxygen atoms in total. The van der Waals surface area contributed by atoms with E-state index in [2.05, 4.69) is 5.32 Å². The lowest BCUT2D eigenvalue weighted by atomic mass is 9.73. The number of nitrogens with one attached hydrogen (secondary N) is 1. The number of amides is 1. The molecule has 1 aromatic rings. The lowest BCUT2D eigenvalue weighted by molar-refractivity contribution is -0.384. The van der Waals surface area contributed by atoms with E-state index in [1.54, 1.807) is 0 Å². The summed E-state index contributed by atoms with van der Waals surface area (Å²) in [6.07, 6.45) is 4.65. The van der Waals surface area contributed by atoms with Gasteiger partial charge in [0.05, 0.1) is 10.3 Å². The minimum absolute atomic E-state index is 0.00300. The van der Waals surface area contributed by atoms with Gasteiger partial charge in [0.25, 0.3) is 5.69 Å². The predicted molar refractivity (Wildman–Crippen MR) is 81.3 cm³/mol. The van der Waals surface area contributed by atoms with Gasteiger partial charge in [-0.3, -0.25) is 14.9 Å². The average molecular weight is 312 g/mol. The molecule has 0 spiro atoms. The number of anilines is 1. The van der Waals surface area contributed by atoms with Crippen molar-refractivity contribution in [3.63, 3.8) is 0 Å². The first-order valence-corrected chi connectivity index (χ1v) is 7.32. The first-order valence-electron chi connectivity index (χ1n) is 6.94. The summed E-state index contributed by atoms with van der Waals surface area (Å²) in [4.78, 5) is 22.6. The molecule has 1 aliphatic carbocycles. The van der Waals surface area contributed by atoms with Crippen LogP contribution in [0.2, 0.25) is 5.02 Å². The number of hydrogen-bond donors (Lipinski definition) is 2. The second-order valence-electron chi connectivity index (χ2n) is 5.42. The van der Waals surface area contributed by atoms with Gasteiger partial charge >= 0.3 is 0 Å². The van der Waals surface area contributed by atoms with E-state index < -0.39 is 10.3 Å². The minimum atomic E-state index is -0.559. The van der Waals surface area contributed by atoms with E-state index >= 15 is 0 Å². The van der Waals surface area contributed by atoms with Crippen LogP contribution in [0.4, 0.5) is 11.4 Å². The molecule has 2 rings (SSSR count). The highest BCUT2D eigenvalue weighted by atomic mass is 35.5. The largest absolute Gasteiger partial charge is 0.329 e. The Bertz CT molecular complexity index is 556. The minimum Gasteiger partial charge on any atom is -0.329 e. The third kappa shape index (κ3) is 3.33. The third-order valence-corrected chi connectivity index (χ3v) is 4.39. The molecule has 0 radical (unpaired) electrons. The van der Waals surface area contributed by atoms with Crippen molar-refractivity contribution in [3.05, 3.63) is 33.3 Å². The number of halogens is 1. The molecule has 1 amide bonds. The summed E-state index contributed by atoms with van der Waals surface area (Å²) in [6.45, 7) is 0.305. The first-order chi connectivity index (χ1) is 9.98. The molecule has 0 unspecified atom stereocenters. The molecule has 0 bridgehead atoms. The highest BCUT2D eigenvalue weighted by molar-refractivity contribution is 6.33. The molecule has 3 N–H and O–H groups in total. The number of rotatable bonds is 4. The number of carbonyl (C=O) groups is 1. The van der Waals surface area contributed by atoms with E-state index in [9.17, 15) is 14.9 Å². The van der Waals surface area contributed by atoms with Crippen LogP contribution in [0.1, 0.15) is 32.1 Å². The summed E-state index contributed by atoms with van der Waals surface area (Å²) >= 11 is 5.84. The van der Waals surface area contributed by atoms with Crippen molar-refractivity contribution < 1.29 is 9.72 Å². The molecule has 21 heavy (non-hydrogen) atoms. The number of nitrogens with two attached hydrogens (primary N) is 1. The van der Waals surface area contributed by atoms with Gasteiger partial charge in [0.2, 0.25) is 5.91 Å². The van der Waals surface area contributed by atoms with Gasteiger partial charge in [0.15, 0.2) is 0 Å². The Hall–Kier alpha value is -1.66. The van der Waals surface area contributed by atoms with Gasteiger partial charge in [0, 0.05) is 18.3 Å². The summed E-state index contributed by atoms with van der Waals surface area (Å²) in [6, 6.07) is 4.16. The van der Waals surface area contributed by atoms with E-state index in [1.807, 2.05) is 0 Å². The number of nitro benzene ring substituents is 1. The topological polar surface area (TPSA) is 98.3 Å². The second kappa shape index (κ2) is 6.41. The summed E-state index contributed by atoms with van der Waals surface area (Å²) in [5.41, 5.74) is 5.55. The van der Waals surface area contributed by atoms with Crippen molar-refractivity contribution in [1.29, 1.82) is 0 Å². The predicted octanol–water partition coefficient (Wildman–Crippen LogP) is 3.10. The fourth-order valence-corrected chi connectivity index (χ4v) is 3.00. The van der Waals surface area contributed by atoms with Crippen molar-refractivity contribution in [2.45, 2.75) is 32.1 Å². The molecule has 0 heterocycles. The van der Waals surface area contributed by atoms with Gasteiger partial charge in [-0.15, -0.1) is 0 Å². The lowest BCUT2D eigenvalue weighted by Crippen LogP contribution is -2.43. The van der Waals surface area contributed by atoms with Crippen molar-refractivity contribution in [3.8, 4) is 0 Å². The van der Waals surface area contributed by atoms with E-state index in [0.717, 1.165) is 32.1 Å². The Morgan fingerprint density at radius 2 is 2.05 bits per heavy atom. The van der Waals surface area contributed by atoms with Gasteiger partial charge in [-0.25, -0.2) is 0 Å². The van der Waals surface area contributed by atoms with Crippen molar-refractivity contribution in [1.82, 2.24) is 0 Å². The van der Waals surface area contributed by atoms with Crippen molar-refractivity contribution in [2.24, 2.45) is 11.1 Å². The van der Waals surface area contributed by atoms with E-state index in [1.165, 1.54) is 18.2 Å². The fourth-order valence-electron chi connectivity index (χ4n) is 2.75. The number of nitro groups is 1. The van der Waals surface area contributed by atoms with Crippen LogP contribution in [0.3, 0.4) is 0 Å². The molecule has 0 saturated heterocycles. The quantitative estimate of drug-likeness (QED) is 0.659. The van der Waals surface area contributed by atoms with Crippen LogP contribution < -0.4 is 11.1 Å². The molecule has 7 heteroatoms. The first kappa shape index (κ1) is 15.7. The summed E-state index contributed by atoms with van der Waals surface area (Å²) in [7, 11) is 0. The number of benzene rings is 1. The third-order valence-electron chi connectivity index (χ3n) is 4.09. The Balaban J connectivity index is 2.15. The summed E-state index contributed by atoms with van der Waals surface area (Å²) in [5.74, 6) is -0.130. The van der Waals surface area contributed by atoms with Gasteiger partial charge in [0.1, 0.15) is 5.02 Å². The van der Waals surface area contributed by atoms with Gasteiger partial charge in [-0.2, -0.15) is 0 Å². The second-order valence-corrected chi connectivity index (χ2v) is 5.83. The summed E-state index contributed by atoms with van der Waals surface area (Å²) in [5, 5.41) is 13.5. The van der Waals surface area contributed by atoms with E-state index in [-0.39, 0.29) is 16.6 Å². The molecule has 0 aromatic heterocycles. The zero-order chi connectivity index (χ0) is 15.5. The monoisotopic (exact) mass is 311 g/mol. The maximum Gasteiger partial charge on any atom is 0.288 e. The van der Waals surface area contributed by atoms with E-state index in [4.69, 9.17) is 17.3 Å². The smallest absolute Gasteiger partial charge is 0.288 e. The maximum atomic E-state index is 12.5. The molecule has 0 aliphatic heterocycles. The number of nitrogens with zero attached hydrogens (tertiary/aromatic N) is 1. The van der Waals surface area contributed by atoms with Crippen LogP contribution in [-0.4, -0.2) is 17.4 Å². The molecule has 114 valence electrons. The zero-order valence-electron chi connectivity index (χ0n) is 11.6. The van der Waals surface area contributed by atoms with Crippen LogP contribution in [0.25, 0.3) is 0 Å².